The maximum Gasteiger partial charge on any atom is 0.273 e. The molecule has 1 aliphatic carbocycles. The molecule has 64 valence electrons. The van der Waals surface area contributed by atoms with Crippen molar-refractivity contribution < 1.29 is 13.9 Å². The number of benzene rings is 1. The smallest absolute Gasteiger partial charge is 0.273 e. The minimum Gasteiger partial charge on any atom is -0.508 e. The number of hydrogen-bond acceptors (Lipinski definition) is 1. The third kappa shape index (κ3) is 0.967. The molecule has 0 bridgehead atoms. The number of aryl methyl sites for hydroxylation is 1. The standard InChI is InChI=1S/C9H8F2O/c10-9(11)4-3-6-5-7(12)1-2-8(6)9/h1-2,5,12H,3-4H2. The number of rotatable bonds is 0. The quantitative estimate of drug-likeness (QED) is 0.634. The second-order valence-electron chi connectivity index (χ2n) is 3.05. The van der Waals surface area contributed by atoms with Crippen LogP contribution in [-0.4, -0.2) is 5.11 Å². The summed E-state index contributed by atoms with van der Waals surface area (Å²) < 4.78 is 26.0. The van der Waals surface area contributed by atoms with E-state index in [4.69, 9.17) is 5.11 Å². The van der Waals surface area contributed by atoms with E-state index in [1.165, 1.54) is 18.2 Å². The van der Waals surface area contributed by atoms with Crippen LogP contribution in [0.2, 0.25) is 0 Å². The van der Waals surface area contributed by atoms with E-state index in [-0.39, 0.29) is 17.7 Å². The van der Waals surface area contributed by atoms with Crippen molar-refractivity contribution in [2.45, 2.75) is 18.8 Å². The van der Waals surface area contributed by atoms with Gasteiger partial charge in [0.05, 0.1) is 0 Å². The maximum absolute atomic E-state index is 13.0. The van der Waals surface area contributed by atoms with Crippen LogP contribution >= 0.6 is 0 Å². The van der Waals surface area contributed by atoms with Crippen LogP contribution in [0, 0.1) is 0 Å². The summed E-state index contributed by atoms with van der Waals surface area (Å²) in [5.74, 6) is -2.63. The van der Waals surface area contributed by atoms with Crippen molar-refractivity contribution in [3.63, 3.8) is 0 Å². The average Bonchev–Trinajstić information content (AvgIpc) is 2.27. The first-order chi connectivity index (χ1) is 5.59. The Balaban J connectivity index is 2.55. The molecule has 1 aromatic rings. The number of alkyl halides is 2. The van der Waals surface area contributed by atoms with Gasteiger partial charge in [0.15, 0.2) is 0 Å². The summed E-state index contributed by atoms with van der Waals surface area (Å²) in [4.78, 5) is 0. The van der Waals surface area contributed by atoms with E-state index in [1.54, 1.807) is 0 Å². The Labute approximate surface area is 68.6 Å². The van der Waals surface area contributed by atoms with Crippen molar-refractivity contribution in [1.29, 1.82) is 0 Å². The normalized spacial score (nSPS) is 19.2. The molecule has 0 aliphatic heterocycles. The van der Waals surface area contributed by atoms with Crippen molar-refractivity contribution in [3.05, 3.63) is 29.3 Å². The van der Waals surface area contributed by atoms with Gasteiger partial charge in [-0.1, -0.05) is 0 Å². The lowest BCUT2D eigenvalue weighted by molar-refractivity contribution is -0.00184. The Hall–Kier alpha value is -1.12. The summed E-state index contributed by atoms with van der Waals surface area (Å²) in [6.07, 6.45) is 0.225. The van der Waals surface area contributed by atoms with Gasteiger partial charge in [0, 0.05) is 12.0 Å². The highest BCUT2D eigenvalue weighted by Gasteiger charge is 2.38. The predicted molar refractivity (Wildman–Crippen MR) is 40.3 cm³/mol. The minimum atomic E-state index is -2.69. The van der Waals surface area contributed by atoms with Crippen LogP contribution in [0.3, 0.4) is 0 Å². The van der Waals surface area contributed by atoms with E-state index in [2.05, 4.69) is 0 Å². The summed E-state index contributed by atoms with van der Waals surface area (Å²) in [5, 5.41) is 9.02. The van der Waals surface area contributed by atoms with Crippen LogP contribution in [-0.2, 0) is 12.3 Å². The zero-order valence-electron chi connectivity index (χ0n) is 6.35. The number of phenolic OH excluding ortho intramolecular Hbond substituents is 1. The molecule has 0 radical (unpaired) electrons. The Morgan fingerprint density at radius 2 is 2.08 bits per heavy atom. The second-order valence-corrected chi connectivity index (χ2v) is 3.05. The van der Waals surface area contributed by atoms with E-state index in [1.807, 2.05) is 0 Å². The van der Waals surface area contributed by atoms with Gasteiger partial charge < -0.3 is 5.11 Å². The molecular weight excluding hydrogens is 162 g/mol. The molecule has 0 saturated carbocycles. The predicted octanol–water partition coefficient (Wildman–Crippen LogP) is 2.43. The third-order valence-corrected chi connectivity index (χ3v) is 2.19. The van der Waals surface area contributed by atoms with Crippen LogP contribution in [0.1, 0.15) is 17.5 Å². The van der Waals surface area contributed by atoms with Gasteiger partial charge in [-0.05, 0) is 30.2 Å². The van der Waals surface area contributed by atoms with E-state index < -0.39 is 5.92 Å². The highest BCUT2D eigenvalue weighted by atomic mass is 19.3. The highest BCUT2D eigenvalue weighted by Crippen LogP contribution is 2.42. The molecule has 2 rings (SSSR count). The van der Waals surface area contributed by atoms with Crippen molar-refractivity contribution in [3.8, 4) is 5.75 Å². The highest BCUT2D eigenvalue weighted by molar-refractivity contribution is 5.40. The number of aromatic hydroxyl groups is 1. The largest absolute Gasteiger partial charge is 0.508 e. The number of phenols is 1. The zero-order chi connectivity index (χ0) is 8.77. The van der Waals surface area contributed by atoms with Gasteiger partial charge in [0.2, 0.25) is 0 Å². The van der Waals surface area contributed by atoms with Gasteiger partial charge in [-0.2, -0.15) is 0 Å². The van der Waals surface area contributed by atoms with Gasteiger partial charge in [0.1, 0.15) is 5.75 Å². The van der Waals surface area contributed by atoms with Crippen molar-refractivity contribution in [1.82, 2.24) is 0 Å². The lowest BCUT2D eigenvalue weighted by Crippen LogP contribution is -2.06. The van der Waals surface area contributed by atoms with Gasteiger partial charge >= 0.3 is 0 Å². The van der Waals surface area contributed by atoms with E-state index in [0.29, 0.717) is 12.0 Å². The fourth-order valence-electron chi connectivity index (χ4n) is 1.57. The van der Waals surface area contributed by atoms with E-state index in [9.17, 15) is 8.78 Å². The fourth-order valence-corrected chi connectivity index (χ4v) is 1.57. The molecule has 1 aliphatic rings. The summed E-state index contributed by atoms with van der Waals surface area (Å²) in [7, 11) is 0. The second kappa shape index (κ2) is 2.19. The molecule has 0 spiro atoms. The van der Waals surface area contributed by atoms with Gasteiger partial charge in [0.25, 0.3) is 5.92 Å². The van der Waals surface area contributed by atoms with Gasteiger partial charge in [-0.3, -0.25) is 0 Å². The molecule has 0 saturated heterocycles. The molecule has 0 atom stereocenters. The van der Waals surface area contributed by atoms with Gasteiger partial charge in [-0.15, -0.1) is 0 Å². The van der Waals surface area contributed by atoms with Gasteiger partial charge in [-0.25, -0.2) is 8.78 Å². The van der Waals surface area contributed by atoms with E-state index >= 15 is 0 Å². The summed E-state index contributed by atoms with van der Waals surface area (Å²) in [5.41, 5.74) is 0.639. The number of halogens is 2. The number of hydrogen-bond donors (Lipinski definition) is 1. The first-order valence-corrected chi connectivity index (χ1v) is 3.80. The maximum atomic E-state index is 13.0. The number of fused-ring (bicyclic) bond motifs is 1. The third-order valence-electron chi connectivity index (χ3n) is 2.19. The van der Waals surface area contributed by atoms with Crippen LogP contribution in [0.5, 0.6) is 5.75 Å². The van der Waals surface area contributed by atoms with Crippen LogP contribution in [0.25, 0.3) is 0 Å². The summed E-state index contributed by atoms with van der Waals surface area (Å²) in [6, 6.07) is 4.02. The Morgan fingerprint density at radius 1 is 1.33 bits per heavy atom. The van der Waals surface area contributed by atoms with Crippen LogP contribution in [0.15, 0.2) is 18.2 Å². The lowest BCUT2D eigenvalue weighted by Gasteiger charge is -2.08. The molecule has 1 aromatic carbocycles. The Kier molecular flexibility index (Phi) is 1.37. The first kappa shape index (κ1) is 7.53. The molecule has 0 unspecified atom stereocenters. The van der Waals surface area contributed by atoms with Crippen molar-refractivity contribution in [2.75, 3.05) is 0 Å². The molecule has 0 aromatic heterocycles. The Morgan fingerprint density at radius 3 is 2.83 bits per heavy atom. The molecule has 3 heteroatoms. The summed E-state index contributed by atoms with van der Waals surface area (Å²) in [6.45, 7) is 0. The SMILES string of the molecule is Oc1ccc2c(c1)CCC2(F)F. The zero-order valence-corrected chi connectivity index (χ0v) is 6.35. The average molecular weight is 170 g/mol. The molecule has 0 heterocycles. The molecule has 12 heavy (non-hydrogen) atoms. The van der Waals surface area contributed by atoms with Crippen LogP contribution < -0.4 is 0 Å². The first-order valence-electron chi connectivity index (χ1n) is 3.80. The molecular formula is C9H8F2O. The molecule has 1 nitrogen and oxygen atoms in total. The minimum absolute atomic E-state index is 0.0615. The topological polar surface area (TPSA) is 20.2 Å². The molecule has 1 N–H and O–H groups in total. The lowest BCUT2D eigenvalue weighted by atomic mass is 10.1. The van der Waals surface area contributed by atoms with Crippen molar-refractivity contribution >= 4 is 0 Å². The Bertz CT molecular complexity index is 320. The van der Waals surface area contributed by atoms with Crippen LogP contribution in [0.4, 0.5) is 8.78 Å². The molecule has 0 amide bonds. The monoisotopic (exact) mass is 170 g/mol. The fraction of sp³-hybridized carbons (Fsp3) is 0.333. The molecule has 0 fully saturated rings. The summed E-state index contributed by atoms with van der Waals surface area (Å²) >= 11 is 0. The van der Waals surface area contributed by atoms with Crippen molar-refractivity contribution in [2.24, 2.45) is 0 Å². The van der Waals surface area contributed by atoms with E-state index in [0.717, 1.165) is 0 Å².